The fourth-order valence-electron chi connectivity index (χ4n) is 1.92. The maximum Gasteiger partial charge on any atom is 0.183 e. The highest BCUT2D eigenvalue weighted by molar-refractivity contribution is 7.83. The maximum absolute atomic E-state index is 11.1. The van der Waals surface area contributed by atoms with Crippen LogP contribution in [0.15, 0.2) is 29.2 Å². The molecule has 1 unspecified atom stereocenters. The summed E-state index contributed by atoms with van der Waals surface area (Å²) in [6.45, 7) is 3.94. The van der Waals surface area contributed by atoms with E-state index in [-0.39, 0.29) is 5.41 Å². The second-order valence-corrected chi connectivity index (χ2v) is 4.91. The molecule has 0 saturated carbocycles. The van der Waals surface area contributed by atoms with Gasteiger partial charge in [0.25, 0.3) is 0 Å². The molecule has 1 aliphatic carbocycles. The van der Waals surface area contributed by atoms with Crippen molar-refractivity contribution >= 4 is 17.2 Å². The summed E-state index contributed by atoms with van der Waals surface area (Å²) in [6.07, 6.45) is 1.81. The van der Waals surface area contributed by atoms with E-state index in [0.717, 1.165) is 11.1 Å². The van der Waals surface area contributed by atoms with Crippen LogP contribution in [-0.4, -0.2) is 8.76 Å². The van der Waals surface area contributed by atoms with E-state index in [2.05, 4.69) is 0 Å². The van der Waals surface area contributed by atoms with E-state index in [1.807, 2.05) is 44.2 Å². The monoisotopic (exact) mass is 208 g/mol. The minimum absolute atomic E-state index is 0.323. The molecule has 0 bridgehead atoms. The van der Waals surface area contributed by atoms with Gasteiger partial charge in [-0.3, -0.25) is 0 Å². The highest BCUT2D eigenvalue weighted by Crippen LogP contribution is 2.42. The molecule has 0 amide bonds. The fourth-order valence-corrected chi connectivity index (χ4v) is 2.69. The van der Waals surface area contributed by atoms with Crippen molar-refractivity contribution in [1.29, 1.82) is 0 Å². The molecule has 1 aliphatic rings. The molecule has 1 aromatic rings. The molecule has 1 atom stereocenters. The Hall–Kier alpha value is -0.930. The van der Waals surface area contributed by atoms with Crippen LogP contribution in [0.4, 0.5) is 0 Å². The van der Waals surface area contributed by atoms with Gasteiger partial charge in [-0.25, -0.2) is 4.21 Å². The Balaban J connectivity index is 2.62. The summed E-state index contributed by atoms with van der Waals surface area (Å²) in [5.41, 5.74) is 1.85. The zero-order chi connectivity index (χ0) is 10.3. The zero-order valence-electron chi connectivity index (χ0n) is 8.15. The summed E-state index contributed by atoms with van der Waals surface area (Å²) in [7, 11) is 0. The molecule has 74 valence electrons. The van der Waals surface area contributed by atoms with Crippen molar-refractivity contribution in [3.05, 3.63) is 40.3 Å². The van der Waals surface area contributed by atoms with Crippen LogP contribution in [0.3, 0.4) is 0 Å². The van der Waals surface area contributed by atoms with Gasteiger partial charge in [-0.1, -0.05) is 38.1 Å². The molecule has 2 rings (SSSR count). The summed E-state index contributed by atoms with van der Waals surface area (Å²) in [5.74, 6) is 0. The van der Waals surface area contributed by atoms with E-state index < -0.39 is 11.1 Å². The Morgan fingerprint density at radius 1 is 1.29 bits per heavy atom. The molecule has 0 fully saturated rings. The van der Waals surface area contributed by atoms with Gasteiger partial charge < -0.3 is 4.55 Å². The van der Waals surface area contributed by atoms with Crippen LogP contribution in [-0.2, 0) is 16.5 Å². The number of allylic oxidation sites excluding steroid dienone is 1. The van der Waals surface area contributed by atoms with E-state index in [4.69, 9.17) is 4.55 Å². The lowest BCUT2D eigenvalue weighted by molar-refractivity contribution is 0.556. The van der Waals surface area contributed by atoms with Gasteiger partial charge in [0.1, 0.15) is 0 Å². The van der Waals surface area contributed by atoms with Gasteiger partial charge in [0.2, 0.25) is 0 Å². The standard InChI is InChI=1S/C11H12O2S/c1-11(2)9-6-4-3-5-8(9)7-10(11)14(12)13/h3-7H,1-2H3,(H,12,13). The Morgan fingerprint density at radius 2 is 1.93 bits per heavy atom. The third-order valence-corrected chi connectivity index (χ3v) is 3.73. The predicted octanol–water partition coefficient (Wildman–Crippen LogP) is 2.54. The molecule has 0 spiro atoms. The number of hydrogen-bond donors (Lipinski definition) is 1. The molecule has 0 radical (unpaired) electrons. The average molecular weight is 208 g/mol. The van der Waals surface area contributed by atoms with Crippen molar-refractivity contribution in [3.63, 3.8) is 0 Å². The second-order valence-electron chi connectivity index (χ2n) is 3.97. The van der Waals surface area contributed by atoms with Gasteiger partial charge in [-0.2, -0.15) is 0 Å². The second kappa shape index (κ2) is 3.04. The molecule has 0 aromatic heterocycles. The average Bonchev–Trinajstić information content (AvgIpc) is 2.39. The summed E-state index contributed by atoms with van der Waals surface area (Å²) in [5, 5.41) is 0. The summed E-state index contributed by atoms with van der Waals surface area (Å²) >= 11 is -1.88. The summed E-state index contributed by atoms with van der Waals surface area (Å²) in [6, 6.07) is 7.87. The number of rotatable bonds is 1. The van der Waals surface area contributed by atoms with Gasteiger partial charge in [0.05, 0.1) is 4.91 Å². The van der Waals surface area contributed by atoms with E-state index in [9.17, 15) is 4.21 Å². The first kappa shape index (κ1) is 9.62. The normalized spacial score (nSPS) is 20.1. The molecule has 0 saturated heterocycles. The Labute approximate surface area is 85.9 Å². The van der Waals surface area contributed by atoms with Gasteiger partial charge >= 0.3 is 0 Å². The third-order valence-electron chi connectivity index (χ3n) is 2.72. The Morgan fingerprint density at radius 3 is 2.50 bits per heavy atom. The Kier molecular flexibility index (Phi) is 2.09. The lowest BCUT2D eigenvalue weighted by atomic mass is 9.87. The van der Waals surface area contributed by atoms with Crippen LogP contribution in [0.1, 0.15) is 25.0 Å². The smallest absolute Gasteiger partial charge is 0.183 e. The molecule has 0 heterocycles. The SMILES string of the molecule is CC1(C)C(S(=O)O)=Cc2ccccc21. The quantitative estimate of drug-likeness (QED) is 0.720. The first-order chi connectivity index (χ1) is 6.53. The van der Waals surface area contributed by atoms with E-state index in [0.29, 0.717) is 4.91 Å². The molecule has 14 heavy (non-hydrogen) atoms. The van der Waals surface area contributed by atoms with Crippen molar-refractivity contribution in [3.8, 4) is 0 Å². The van der Waals surface area contributed by atoms with Crippen molar-refractivity contribution in [1.82, 2.24) is 0 Å². The van der Waals surface area contributed by atoms with Gasteiger partial charge in [0, 0.05) is 5.41 Å². The number of fused-ring (bicyclic) bond motifs is 1. The van der Waals surface area contributed by atoms with E-state index >= 15 is 0 Å². The lowest BCUT2D eigenvalue weighted by Gasteiger charge is -2.21. The van der Waals surface area contributed by atoms with E-state index in [1.165, 1.54) is 0 Å². The molecular weight excluding hydrogens is 196 g/mol. The van der Waals surface area contributed by atoms with Gasteiger partial charge in [-0.05, 0) is 17.2 Å². The van der Waals surface area contributed by atoms with Crippen molar-refractivity contribution < 1.29 is 8.76 Å². The van der Waals surface area contributed by atoms with Crippen molar-refractivity contribution in [2.75, 3.05) is 0 Å². The fraction of sp³-hybridized carbons (Fsp3) is 0.273. The molecule has 1 N–H and O–H groups in total. The Bertz CT molecular complexity index is 433. The topological polar surface area (TPSA) is 37.3 Å². The highest BCUT2D eigenvalue weighted by atomic mass is 32.2. The number of benzene rings is 1. The van der Waals surface area contributed by atoms with Crippen LogP contribution >= 0.6 is 0 Å². The molecule has 1 aromatic carbocycles. The van der Waals surface area contributed by atoms with Crippen molar-refractivity contribution in [2.45, 2.75) is 19.3 Å². The molecule has 0 aliphatic heterocycles. The van der Waals surface area contributed by atoms with E-state index in [1.54, 1.807) is 0 Å². The first-order valence-electron chi connectivity index (χ1n) is 4.46. The maximum atomic E-state index is 11.1. The predicted molar refractivity (Wildman–Crippen MR) is 58.2 cm³/mol. The molecular formula is C11H12O2S. The zero-order valence-corrected chi connectivity index (χ0v) is 8.97. The third kappa shape index (κ3) is 1.24. The van der Waals surface area contributed by atoms with Crippen LogP contribution < -0.4 is 0 Å². The van der Waals surface area contributed by atoms with Crippen LogP contribution in [0.2, 0.25) is 0 Å². The first-order valence-corrected chi connectivity index (χ1v) is 5.56. The van der Waals surface area contributed by atoms with Crippen molar-refractivity contribution in [2.24, 2.45) is 0 Å². The minimum Gasteiger partial charge on any atom is -0.302 e. The van der Waals surface area contributed by atoms with Crippen LogP contribution in [0, 0.1) is 0 Å². The largest absolute Gasteiger partial charge is 0.302 e. The lowest BCUT2D eigenvalue weighted by Crippen LogP contribution is -2.19. The highest BCUT2D eigenvalue weighted by Gasteiger charge is 2.35. The molecule has 2 nitrogen and oxygen atoms in total. The minimum atomic E-state index is -1.88. The molecule has 3 heteroatoms. The number of hydrogen-bond acceptors (Lipinski definition) is 1. The van der Waals surface area contributed by atoms with Crippen LogP contribution in [0.25, 0.3) is 6.08 Å². The summed E-state index contributed by atoms with van der Waals surface area (Å²) in [4.78, 5) is 0.582. The van der Waals surface area contributed by atoms with Crippen LogP contribution in [0.5, 0.6) is 0 Å². The van der Waals surface area contributed by atoms with Gasteiger partial charge in [0.15, 0.2) is 11.1 Å². The summed E-state index contributed by atoms with van der Waals surface area (Å²) < 4.78 is 20.3. The van der Waals surface area contributed by atoms with Gasteiger partial charge in [-0.15, -0.1) is 0 Å².